The fraction of sp³-hybridized carbons (Fsp3) is 0.471. The van der Waals surface area contributed by atoms with Crippen LogP contribution in [0.15, 0.2) is 48.5 Å². The molecule has 0 radical (unpaired) electrons. The zero-order chi connectivity index (χ0) is 32.6. The number of ether oxygens (including phenoxy) is 2. The molecule has 13 heteroatoms. The second kappa shape index (κ2) is 15.3. The molecule has 3 aliphatic heterocycles. The van der Waals surface area contributed by atoms with Crippen molar-refractivity contribution in [2.24, 2.45) is 5.92 Å². The first-order chi connectivity index (χ1) is 23.0. The van der Waals surface area contributed by atoms with Gasteiger partial charge in [0, 0.05) is 67.5 Å². The number of rotatable bonds is 9. The Hall–Kier alpha value is -4.62. The lowest BCUT2D eigenvalue weighted by atomic mass is 9.89. The highest BCUT2D eigenvalue weighted by atomic mass is 16.5. The molecule has 3 saturated heterocycles. The summed E-state index contributed by atoms with van der Waals surface area (Å²) in [7, 11) is 0. The maximum absolute atomic E-state index is 13.1. The summed E-state index contributed by atoms with van der Waals surface area (Å²) in [4.78, 5) is 46.3. The van der Waals surface area contributed by atoms with Crippen molar-refractivity contribution >= 4 is 40.9 Å². The van der Waals surface area contributed by atoms with Crippen LogP contribution in [0.25, 0.3) is 11.4 Å². The number of carbonyl (C=O) groups excluding carboxylic acids is 2. The Balaban J connectivity index is 1.05. The summed E-state index contributed by atoms with van der Waals surface area (Å²) in [5, 5.41) is 13.9. The van der Waals surface area contributed by atoms with E-state index in [0.717, 1.165) is 37.0 Å². The molecule has 248 valence electrons. The van der Waals surface area contributed by atoms with E-state index in [9.17, 15) is 9.59 Å². The Labute approximate surface area is 275 Å². The van der Waals surface area contributed by atoms with Gasteiger partial charge in [0.2, 0.25) is 11.9 Å². The normalized spacial score (nSPS) is 17.3. The Bertz CT molecular complexity index is 1490. The zero-order valence-electron chi connectivity index (χ0n) is 26.9. The average molecular weight is 642 g/mol. The van der Waals surface area contributed by atoms with E-state index >= 15 is 0 Å². The first-order valence-corrected chi connectivity index (χ1v) is 16.5. The summed E-state index contributed by atoms with van der Waals surface area (Å²) >= 11 is 0. The van der Waals surface area contributed by atoms with E-state index in [0.29, 0.717) is 100 Å². The molecular formula is C34H43N9O4. The van der Waals surface area contributed by atoms with Crippen LogP contribution < -0.4 is 20.4 Å². The second-order valence-electron chi connectivity index (χ2n) is 12.0. The third kappa shape index (κ3) is 8.22. The maximum atomic E-state index is 13.1. The first kappa shape index (κ1) is 32.3. The van der Waals surface area contributed by atoms with Crippen LogP contribution in [0.4, 0.5) is 28.1 Å². The van der Waals surface area contributed by atoms with Crippen molar-refractivity contribution in [1.29, 1.82) is 5.41 Å². The molecule has 0 atom stereocenters. The highest BCUT2D eigenvalue weighted by Crippen LogP contribution is 2.25. The predicted octanol–water partition coefficient (Wildman–Crippen LogP) is 4.53. The van der Waals surface area contributed by atoms with Crippen LogP contribution in [0.3, 0.4) is 0 Å². The van der Waals surface area contributed by atoms with E-state index in [1.54, 1.807) is 24.3 Å². The summed E-state index contributed by atoms with van der Waals surface area (Å²) in [6.07, 6.45) is 3.50. The first-order valence-electron chi connectivity index (χ1n) is 16.5. The van der Waals surface area contributed by atoms with E-state index < -0.39 is 6.03 Å². The summed E-state index contributed by atoms with van der Waals surface area (Å²) in [6, 6.07) is 14.0. The molecule has 13 nitrogen and oxygen atoms in total. The Morgan fingerprint density at radius 3 is 1.79 bits per heavy atom. The number of urea groups is 1. The number of hydrogen-bond donors (Lipinski definition) is 3. The highest BCUT2D eigenvalue weighted by Gasteiger charge is 2.26. The molecule has 0 unspecified atom stereocenters. The number of anilines is 4. The Morgan fingerprint density at radius 2 is 1.28 bits per heavy atom. The van der Waals surface area contributed by atoms with Crippen LogP contribution in [-0.4, -0.2) is 103 Å². The number of hydrogen-bond acceptors (Lipinski definition) is 10. The van der Waals surface area contributed by atoms with Crippen molar-refractivity contribution in [3.05, 3.63) is 54.1 Å². The summed E-state index contributed by atoms with van der Waals surface area (Å²) in [5.74, 6) is 2.08. The molecule has 0 aliphatic carbocycles. The molecule has 4 heterocycles. The minimum atomic E-state index is -0.391. The zero-order valence-corrected chi connectivity index (χ0v) is 26.9. The van der Waals surface area contributed by atoms with Gasteiger partial charge in [0.15, 0.2) is 5.82 Å². The SMILES string of the molecule is CCCC(=N)C1CCN(C(=O)c2ccc(NC(=O)Nc3ccc(-c4nc(N5CCOCC5)nc(N5CCOCC5)n4)cc3)cc2)CC1. The largest absolute Gasteiger partial charge is 0.378 e. The topological polar surface area (TPSA) is 149 Å². The molecule has 3 N–H and O–H groups in total. The highest BCUT2D eigenvalue weighted by molar-refractivity contribution is 6.00. The molecule has 0 saturated carbocycles. The molecule has 3 aromatic rings. The monoisotopic (exact) mass is 641 g/mol. The molecule has 0 bridgehead atoms. The third-order valence-corrected chi connectivity index (χ3v) is 8.78. The van der Waals surface area contributed by atoms with Crippen molar-refractivity contribution in [2.45, 2.75) is 32.6 Å². The minimum Gasteiger partial charge on any atom is -0.378 e. The van der Waals surface area contributed by atoms with Gasteiger partial charge < -0.3 is 40.2 Å². The van der Waals surface area contributed by atoms with Crippen LogP contribution in [0.2, 0.25) is 0 Å². The van der Waals surface area contributed by atoms with Crippen LogP contribution in [0.1, 0.15) is 43.0 Å². The maximum Gasteiger partial charge on any atom is 0.323 e. The minimum absolute atomic E-state index is 0.0196. The van der Waals surface area contributed by atoms with Crippen LogP contribution in [-0.2, 0) is 9.47 Å². The molecule has 1 aromatic heterocycles. The molecule has 3 amide bonds. The second-order valence-corrected chi connectivity index (χ2v) is 12.0. The third-order valence-electron chi connectivity index (χ3n) is 8.78. The van der Waals surface area contributed by atoms with Gasteiger partial charge in [-0.25, -0.2) is 4.79 Å². The van der Waals surface area contributed by atoms with Gasteiger partial charge in [0.25, 0.3) is 5.91 Å². The number of likely N-dealkylation sites (tertiary alicyclic amines) is 1. The van der Waals surface area contributed by atoms with Gasteiger partial charge in [-0.3, -0.25) is 4.79 Å². The van der Waals surface area contributed by atoms with E-state index in [1.807, 2.05) is 29.2 Å². The number of benzene rings is 2. The summed E-state index contributed by atoms with van der Waals surface area (Å²) in [6.45, 7) is 8.80. The van der Waals surface area contributed by atoms with Gasteiger partial charge >= 0.3 is 6.03 Å². The average Bonchev–Trinajstić information content (AvgIpc) is 3.12. The van der Waals surface area contributed by atoms with Gasteiger partial charge in [-0.1, -0.05) is 13.3 Å². The van der Waals surface area contributed by atoms with Gasteiger partial charge in [-0.2, -0.15) is 15.0 Å². The fourth-order valence-electron chi connectivity index (χ4n) is 6.07. The number of amides is 3. The predicted molar refractivity (Wildman–Crippen MR) is 182 cm³/mol. The molecular weight excluding hydrogens is 598 g/mol. The number of piperidine rings is 1. The van der Waals surface area contributed by atoms with Gasteiger partial charge in [0.1, 0.15) is 0 Å². The van der Waals surface area contributed by atoms with Gasteiger partial charge in [-0.15, -0.1) is 0 Å². The van der Waals surface area contributed by atoms with Gasteiger partial charge in [0.05, 0.1) is 26.4 Å². The molecule has 47 heavy (non-hydrogen) atoms. The number of morpholine rings is 2. The standard InChI is InChI=1S/C34H43N9O4/c1-2-3-29(35)24-12-14-41(15-13-24)31(44)26-6-10-28(11-7-26)37-34(45)36-27-8-4-25(5-9-27)30-38-32(42-16-20-46-21-17-42)40-33(39-30)43-18-22-47-23-19-43/h4-11,24,35H,2-3,12-23H2,1H3,(H2,36,37,45). The summed E-state index contributed by atoms with van der Waals surface area (Å²) in [5.41, 5.74) is 3.40. The number of nitrogens with zero attached hydrogens (tertiary/aromatic N) is 6. The van der Waals surface area contributed by atoms with Crippen molar-refractivity contribution in [2.75, 3.05) is 86.1 Å². The summed E-state index contributed by atoms with van der Waals surface area (Å²) < 4.78 is 11.0. The number of carbonyl (C=O) groups is 2. The number of aromatic nitrogens is 3. The lowest BCUT2D eigenvalue weighted by Crippen LogP contribution is -2.40. The van der Waals surface area contributed by atoms with E-state index in [1.165, 1.54) is 0 Å². The van der Waals surface area contributed by atoms with Crippen LogP contribution >= 0.6 is 0 Å². The molecule has 3 fully saturated rings. The Kier molecular flexibility index (Phi) is 10.5. The fourth-order valence-corrected chi connectivity index (χ4v) is 6.07. The quantitative estimate of drug-likeness (QED) is 0.287. The molecule has 3 aliphatic rings. The van der Waals surface area contributed by atoms with Crippen molar-refractivity contribution in [3.63, 3.8) is 0 Å². The van der Waals surface area contributed by atoms with Gasteiger partial charge in [-0.05, 0) is 73.7 Å². The molecule has 2 aromatic carbocycles. The van der Waals surface area contributed by atoms with Crippen molar-refractivity contribution < 1.29 is 19.1 Å². The van der Waals surface area contributed by atoms with Crippen molar-refractivity contribution in [3.8, 4) is 11.4 Å². The molecule has 0 spiro atoms. The van der Waals surface area contributed by atoms with Crippen LogP contribution in [0.5, 0.6) is 0 Å². The molecule has 6 rings (SSSR count). The lowest BCUT2D eigenvalue weighted by molar-refractivity contribution is 0.0709. The lowest BCUT2D eigenvalue weighted by Gasteiger charge is -2.32. The van der Waals surface area contributed by atoms with Crippen LogP contribution in [0, 0.1) is 11.3 Å². The number of nitrogens with one attached hydrogen (secondary N) is 3. The Morgan fingerprint density at radius 1 is 0.766 bits per heavy atom. The van der Waals surface area contributed by atoms with E-state index in [-0.39, 0.29) is 11.8 Å². The van der Waals surface area contributed by atoms with E-state index in [4.69, 9.17) is 29.8 Å². The van der Waals surface area contributed by atoms with E-state index in [2.05, 4.69) is 27.4 Å². The smallest absolute Gasteiger partial charge is 0.323 e. The van der Waals surface area contributed by atoms with Crippen molar-refractivity contribution in [1.82, 2.24) is 19.9 Å².